The number of para-hydroxylation sites is 1. The van der Waals surface area contributed by atoms with E-state index in [0.29, 0.717) is 26.6 Å². The summed E-state index contributed by atoms with van der Waals surface area (Å²) >= 11 is 7.45. The number of nitrogens with zero attached hydrogens (tertiary/aromatic N) is 1. The van der Waals surface area contributed by atoms with Gasteiger partial charge in [0.1, 0.15) is 5.75 Å². The lowest BCUT2D eigenvalue weighted by atomic mass is 9.84. The first kappa shape index (κ1) is 15.9. The number of hydrogen-bond donors (Lipinski definition) is 1. The molecular weight excluding hydrogens is 344 g/mol. The predicted octanol–water partition coefficient (Wildman–Crippen LogP) is 4.02. The number of fused-ring (bicyclic) bond motifs is 3. The number of carbonyl (C=O) groups excluding carboxylic acids is 1. The van der Waals surface area contributed by atoms with Crippen molar-refractivity contribution in [2.45, 2.75) is 18.9 Å². The monoisotopic (exact) mass is 362 g/mol. The van der Waals surface area contributed by atoms with Crippen molar-refractivity contribution in [1.29, 1.82) is 0 Å². The van der Waals surface area contributed by atoms with Crippen LogP contribution in [0.1, 0.15) is 22.5 Å². The van der Waals surface area contributed by atoms with Crippen LogP contribution in [-0.2, 0) is 0 Å². The third-order valence-electron chi connectivity index (χ3n) is 4.82. The summed E-state index contributed by atoms with van der Waals surface area (Å²) in [6, 6.07) is 11.2. The number of ether oxygens (including phenoxy) is 1. The van der Waals surface area contributed by atoms with E-state index in [9.17, 15) is 4.79 Å². The summed E-state index contributed by atoms with van der Waals surface area (Å²) in [6.45, 7) is 3.32. The molecule has 1 aromatic heterocycles. The Morgan fingerprint density at radius 1 is 1.21 bits per heavy atom. The largest absolute Gasteiger partial charge is 0.445 e. The molecule has 24 heavy (non-hydrogen) atoms. The number of hydrogen-bond acceptors (Lipinski definition) is 4. The SMILES string of the molecule is O=C(N[C@H]1CN2CCC1CC2)c1ccc(Oc2ccccc2Cl)s1. The van der Waals surface area contributed by atoms with Crippen molar-refractivity contribution >= 4 is 28.8 Å². The molecule has 4 nitrogen and oxygen atoms in total. The number of carbonyl (C=O) groups is 1. The zero-order valence-corrected chi connectivity index (χ0v) is 14.8. The molecule has 2 aromatic rings. The molecule has 4 heterocycles. The van der Waals surface area contributed by atoms with Gasteiger partial charge < -0.3 is 15.0 Å². The van der Waals surface area contributed by atoms with Gasteiger partial charge in [-0.3, -0.25) is 4.79 Å². The third-order valence-corrected chi connectivity index (χ3v) is 6.10. The van der Waals surface area contributed by atoms with Gasteiger partial charge in [-0.2, -0.15) is 0 Å². The Labute approximate surface area is 150 Å². The highest BCUT2D eigenvalue weighted by Crippen LogP contribution is 2.34. The molecule has 0 radical (unpaired) electrons. The van der Waals surface area contributed by atoms with Crippen LogP contribution in [-0.4, -0.2) is 36.5 Å². The number of piperidine rings is 3. The zero-order chi connectivity index (χ0) is 16.5. The second kappa shape index (κ2) is 6.75. The fraction of sp³-hybridized carbons (Fsp3) is 0.389. The van der Waals surface area contributed by atoms with Crippen LogP contribution in [0.25, 0.3) is 0 Å². The van der Waals surface area contributed by atoms with Gasteiger partial charge in [-0.1, -0.05) is 35.1 Å². The summed E-state index contributed by atoms with van der Waals surface area (Å²) < 4.78 is 5.78. The lowest BCUT2D eigenvalue weighted by Crippen LogP contribution is -2.57. The smallest absolute Gasteiger partial charge is 0.261 e. The molecule has 1 atom stereocenters. The molecule has 0 unspecified atom stereocenters. The number of nitrogens with one attached hydrogen (secondary N) is 1. The Morgan fingerprint density at radius 3 is 2.71 bits per heavy atom. The number of amides is 1. The Balaban J connectivity index is 1.41. The van der Waals surface area contributed by atoms with Crippen molar-refractivity contribution in [3.63, 3.8) is 0 Å². The van der Waals surface area contributed by atoms with E-state index in [1.54, 1.807) is 6.07 Å². The Hall–Kier alpha value is -1.56. The molecule has 1 N–H and O–H groups in total. The quantitative estimate of drug-likeness (QED) is 0.893. The van der Waals surface area contributed by atoms with Gasteiger partial charge in [0, 0.05) is 12.6 Å². The van der Waals surface area contributed by atoms with Gasteiger partial charge in [0.05, 0.1) is 9.90 Å². The van der Waals surface area contributed by atoms with E-state index in [1.807, 2.05) is 30.3 Å². The van der Waals surface area contributed by atoms with Gasteiger partial charge in [-0.15, -0.1) is 0 Å². The van der Waals surface area contributed by atoms with E-state index >= 15 is 0 Å². The third kappa shape index (κ3) is 3.29. The Kier molecular flexibility index (Phi) is 4.48. The van der Waals surface area contributed by atoms with Gasteiger partial charge in [-0.05, 0) is 56.1 Å². The second-order valence-electron chi connectivity index (χ2n) is 6.37. The van der Waals surface area contributed by atoms with Gasteiger partial charge in [0.25, 0.3) is 5.91 Å². The zero-order valence-electron chi connectivity index (χ0n) is 13.2. The average molecular weight is 363 g/mol. The van der Waals surface area contributed by atoms with Gasteiger partial charge in [0.15, 0.2) is 5.06 Å². The van der Waals surface area contributed by atoms with Crippen LogP contribution < -0.4 is 10.1 Å². The van der Waals surface area contributed by atoms with Crippen molar-refractivity contribution in [3.8, 4) is 10.8 Å². The summed E-state index contributed by atoms with van der Waals surface area (Å²) in [5.74, 6) is 1.22. The highest BCUT2D eigenvalue weighted by molar-refractivity contribution is 7.15. The first-order chi connectivity index (χ1) is 11.7. The van der Waals surface area contributed by atoms with Crippen LogP contribution in [0, 0.1) is 5.92 Å². The first-order valence-electron chi connectivity index (χ1n) is 8.24. The van der Waals surface area contributed by atoms with E-state index in [2.05, 4.69) is 10.2 Å². The highest BCUT2D eigenvalue weighted by Gasteiger charge is 2.35. The molecule has 6 heteroatoms. The number of halogens is 1. The Bertz CT molecular complexity index is 740. The van der Waals surface area contributed by atoms with Crippen LogP contribution in [0.5, 0.6) is 10.8 Å². The van der Waals surface area contributed by atoms with Crippen LogP contribution in [0.2, 0.25) is 5.02 Å². The van der Waals surface area contributed by atoms with Gasteiger partial charge >= 0.3 is 0 Å². The molecule has 126 valence electrons. The second-order valence-corrected chi connectivity index (χ2v) is 7.82. The molecule has 3 aliphatic heterocycles. The number of thiophene rings is 1. The van der Waals surface area contributed by atoms with Gasteiger partial charge in [-0.25, -0.2) is 0 Å². The number of rotatable bonds is 4. The standard InChI is InChI=1S/C18H19ClN2O2S/c19-13-3-1-2-4-15(13)23-17-6-5-16(24-17)18(22)20-14-11-21-9-7-12(14)8-10-21/h1-6,12,14H,7-11H2,(H,20,22)/t14-/m0/s1. The topological polar surface area (TPSA) is 41.6 Å². The fourth-order valence-corrected chi connectivity index (χ4v) is 4.45. The summed E-state index contributed by atoms with van der Waals surface area (Å²) in [6.07, 6.45) is 2.38. The van der Waals surface area contributed by atoms with Crippen LogP contribution in [0.3, 0.4) is 0 Å². The average Bonchev–Trinajstić information content (AvgIpc) is 3.07. The minimum Gasteiger partial charge on any atom is -0.445 e. The molecule has 0 saturated carbocycles. The van der Waals surface area contributed by atoms with Crippen molar-refractivity contribution < 1.29 is 9.53 Å². The van der Waals surface area contributed by atoms with E-state index in [4.69, 9.17) is 16.3 Å². The van der Waals surface area contributed by atoms with E-state index in [0.717, 1.165) is 6.54 Å². The number of benzene rings is 1. The summed E-state index contributed by atoms with van der Waals surface area (Å²) in [7, 11) is 0. The summed E-state index contributed by atoms with van der Waals surface area (Å²) in [5.41, 5.74) is 0. The molecule has 2 bridgehead atoms. The maximum atomic E-state index is 12.5. The summed E-state index contributed by atoms with van der Waals surface area (Å²) in [4.78, 5) is 15.6. The molecule has 0 spiro atoms. The molecule has 3 saturated heterocycles. The molecular formula is C18H19ClN2O2S. The molecule has 3 fully saturated rings. The van der Waals surface area contributed by atoms with E-state index in [-0.39, 0.29) is 11.9 Å². The van der Waals surface area contributed by atoms with E-state index < -0.39 is 0 Å². The lowest BCUT2D eigenvalue weighted by molar-refractivity contribution is 0.0622. The van der Waals surface area contributed by atoms with Crippen molar-refractivity contribution in [2.24, 2.45) is 5.92 Å². The molecule has 5 rings (SSSR count). The Morgan fingerprint density at radius 2 is 2.00 bits per heavy atom. The van der Waals surface area contributed by atoms with Crippen molar-refractivity contribution in [1.82, 2.24) is 10.2 Å². The molecule has 1 aromatic carbocycles. The van der Waals surface area contributed by atoms with Crippen LogP contribution in [0.15, 0.2) is 36.4 Å². The predicted molar refractivity (Wildman–Crippen MR) is 96.3 cm³/mol. The minimum absolute atomic E-state index is 0.00670. The summed E-state index contributed by atoms with van der Waals surface area (Å²) in [5, 5.41) is 4.43. The lowest BCUT2D eigenvalue weighted by Gasteiger charge is -2.44. The van der Waals surface area contributed by atoms with Crippen molar-refractivity contribution in [3.05, 3.63) is 46.3 Å². The normalized spacial score (nSPS) is 25.5. The maximum Gasteiger partial charge on any atom is 0.261 e. The molecule has 0 aliphatic carbocycles. The van der Waals surface area contributed by atoms with E-state index in [1.165, 1.54) is 37.3 Å². The van der Waals surface area contributed by atoms with Crippen molar-refractivity contribution in [2.75, 3.05) is 19.6 Å². The first-order valence-corrected chi connectivity index (χ1v) is 9.44. The maximum absolute atomic E-state index is 12.5. The van der Waals surface area contributed by atoms with Crippen LogP contribution in [0.4, 0.5) is 0 Å². The van der Waals surface area contributed by atoms with Gasteiger partial charge in [0.2, 0.25) is 0 Å². The van der Waals surface area contributed by atoms with Crippen LogP contribution >= 0.6 is 22.9 Å². The molecule has 1 amide bonds. The minimum atomic E-state index is -0.00670. The fourth-order valence-electron chi connectivity index (χ4n) is 3.50. The molecule has 3 aliphatic rings. The highest BCUT2D eigenvalue weighted by atomic mass is 35.5.